The Balaban J connectivity index is 2.47. The van der Waals surface area contributed by atoms with E-state index in [1.165, 1.54) is 19.3 Å². The standard InChI is InChI=1S/C14H28N2O3/c1-19-10-12(5-8-17)16-13(18)9-14(11-15)6-3-2-4-7-14/h12,17H,2-11,15H2,1H3,(H,16,18). The van der Waals surface area contributed by atoms with E-state index in [-0.39, 0.29) is 24.0 Å². The Hall–Kier alpha value is -0.650. The van der Waals surface area contributed by atoms with Crippen molar-refractivity contribution in [3.63, 3.8) is 0 Å². The van der Waals surface area contributed by atoms with Crippen LogP contribution in [0.15, 0.2) is 0 Å². The molecule has 1 saturated carbocycles. The molecule has 1 aliphatic carbocycles. The average molecular weight is 272 g/mol. The molecule has 5 heteroatoms. The molecule has 0 spiro atoms. The zero-order valence-electron chi connectivity index (χ0n) is 12.0. The summed E-state index contributed by atoms with van der Waals surface area (Å²) in [5.41, 5.74) is 5.88. The Morgan fingerprint density at radius 1 is 1.42 bits per heavy atom. The van der Waals surface area contributed by atoms with E-state index in [0.717, 1.165) is 12.8 Å². The number of hydrogen-bond acceptors (Lipinski definition) is 4. The van der Waals surface area contributed by atoms with Gasteiger partial charge in [0.25, 0.3) is 0 Å². The maximum Gasteiger partial charge on any atom is 0.220 e. The quantitative estimate of drug-likeness (QED) is 0.610. The van der Waals surface area contributed by atoms with Gasteiger partial charge in [0.15, 0.2) is 0 Å². The van der Waals surface area contributed by atoms with E-state index >= 15 is 0 Å². The van der Waals surface area contributed by atoms with Crippen molar-refractivity contribution in [2.75, 3.05) is 26.9 Å². The maximum absolute atomic E-state index is 12.1. The van der Waals surface area contributed by atoms with Gasteiger partial charge in [0, 0.05) is 20.1 Å². The molecule has 1 amide bonds. The maximum atomic E-state index is 12.1. The van der Waals surface area contributed by atoms with Gasteiger partial charge in [-0.05, 0) is 31.2 Å². The second-order valence-corrected chi connectivity index (χ2v) is 5.67. The molecule has 4 N–H and O–H groups in total. The monoisotopic (exact) mass is 272 g/mol. The number of carbonyl (C=O) groups is 1. The Kier molecular flexibility index (Phi) is 7.34. The summed E-state index contributed by atoms with van der Waals surface area (Å²) in [4.78, 5) is 12.1. The first-order valence-corrected chi connectivity index (χ1v) is 7.25. The fraction of sp³-hybridized carbons (Fsp3) is 0.929. The molecule has 1 rings (SSSR count). The molecule has 0 aromatic carbocycles. The smallest absolute Gasteiger partial charge is 0.220 e. The predicted octanol–water partition coefficient (Wildman–Crippen LogP) is 0.799. The van der Waals surface area contributed by atoms with Crippen LogP contribution in [0.5, 0.6) is 0 Å². The minimum Gasteiger partial charge on any atom is -0.396 e. The summed E-state index contributed by atoms with van der Waals surface area (Å²) in [6.45, 7) is 1.06. The molecular formula is C14H28N2O3. The molecule has 1 unspecified atom stereocenters. The highest BCUT2D eigenvalue weighted by Crippen LogP contribution is 2.38. The van der Waals surface area contributed by atoms with Crippen molar-refractivity contribution in [3.05, 3.63) is 0 Å². The second kappa shape index (κ2) is 8.51. The third-order valence-electron chi connectivity index (χ3n) is 4.09. The van der Waals surface area contributed by atoms with Crippen LogP contribution in [-0.2, 0) is 9.53 Å². The second-order valence-electron chi connectivity index (χ2n) is 5.67. The molecule has 0 radical (unpaired) electrons. The van der Waals surface area contributed by atoms with Crippen LogP contribution >= 0.6 is 0 Å². The van der Waals surface area contributed by atoms with Crippen LogP contribution in [0.3, 0.4) is 0 Å². The predicted molar refractivity (Wildman–Crippen MR) is 74.7 cm³/mol. The Bertz CT molecular complexity index is 259. The summed E-state index contributed by atoms with van der Waals surface area (Å²) >= 11 is 0. The summed E-state index contributed by atoms with van der Waals surface area (Å²) in [6.07, 6.45) is 6.70. The van der Waals surface area contributed by atoms with E-state index in [4.69, 9.17) is 15.6 Å². The van der Waals surface area contributed by atoms with Gasteiger partial charge in [0.1, 0.15) is 0 Å². The van der Waals surface area contributed by atoms with Crippen molar-refractivity contribution < 1.29 is 14.6 Å². The largest absolute Gasteiger partial charge is 0.396 e. The highest BCUT2D eigenvalue weighted by atomic mass is 16.5. The molecule has 19 heavy (non-hydrogen) atoms. The molecule has 0 heterocycles. The van der Waals surface area contributed by atoms with Gasteiger partial charge in [-0.1, -0.05) is 19.3 Å². The molecule has 5 nitrogen and oxygen atoms in total. The third-order valence-corrected chi connectivity index (χ3v) is 4.09. The molecule has 0 saturated heterocycles. The number of nitrogens with one attached hydrogen (secondary N) is 1. The van der Waals surface area contributed by atoms with Crippen LogP contribution in [0.1, 0.15) is 44.9 Å². The van der Waals surface area contributed by atoms with E-state index in [0.29, 0.717) is 26.0 Å². The van der Waals surface area contributed by atoms with E-state index in [9.17, 15) is 4.79 Å². The van der Waals surface area contributed by atoms with E-state index in [2.05, 4.69) is 5.32 Å². The summed E-state index contributed by atoms with van der Waals surface area (Å²) in [5.74, 6) is 0.0304. The first-order valence-electron chi connectivity index (χ1n) is 7.25. The fourth-order valence-electron chi connectivity index (χ4n) is 2.93. The van der Waals surface area contributed by atoms with E-state index < -0.39 is 0 Å². The van der Waals surface area contributed by atoms with Gasteiger partial charge in [-0.2, -0.15) is 0 Å². The molecule has 1 aliphatic rings. The fourth-order valence-corrected chi connectivity index (χ4v) is 2.93. The van der Waals surface area contributed by atoms with Gasteiger partial charge in [-0.15, -0.1) is 0 Å². The lowest BCUT2D eigenvalue weighted by molar-refractivity contribution is -0.125. The summed E-state index contributed by atoms with van der Waals surface area (Å²) in [6, 6.07) is -0.110. The molecule has 0 aromatic rings. The SMILES string of the molecule is COCC(CCO)NC(=O)CC1(CN)CCCCC1. The molecule has 0 aliphatic heterocycles. The van der Waals surface area contributed by atoms with Crippen LogP contribution in [-0.4, -0.2) is 43.9 Å². The lowest BCUT2D eigenvalue weighted by atomic mass is 9.71. The minimum absolute atomic E-state index is 0.0147. The molecule has 1 fully saturated rings. The molecular weight excluding hydrogens is 244 g/mol. The number of amides is 1. The van der Waals surface area contributed by atoms with Crippen molar-refractivity contribution in [1.29, 1.82) is 0 Å². The van der Waals surface area contributed by atoms with Crippen LogP contribution < -0.4 is 11.1 Å². The number of hydrogen-bond donors (Lipinski definition) is 3. The zero-order chi connectivity index (χ0) is 14.1. The molecule has 0 aromatic heterocycles. The molecule has 112 valence electrons. The van der Waals surface area contributed by atoms with Gasteiger partial charge in [-0.25, -0.2) is 0 Å². The van der Waals surface area contributed by atoms with Crippen molar-refractivity contribution in [2.45, 2.75) is 51.0 Å². The third kappa shape index (κ3) is 5.47. The Morgan fingerprint density at radius 3 is 2.63 bits per heavy atom. The van der Waals surface area contributed by atoms with E-state index in [1.807, 2.05) is 0 Å². The lowest BCUT2D eigenvalue weighted by Crippen LogP contribution is -2.43. The number of rotatable bonds is 8. The number of ether oxygens (including phenoxy) is 1. The average Bonchev–Trinajstić information content (AvgIpc) is 2.40. The zero-order valence-corrected chi connectivity index (χ0v) is 12.0. The lowest BCUT2D eigenvalue weighted by Gasteiger charge is -2.36. The van der Waals surface area contributed by atoms with Crippen molar-refractivity contribution in [2.24, 2.45) is 11.1 Å². The molecule has 1 atom stereocenters. The summed E-state index contributed by atoms with van der Waals surface area (Å²) in [7, 11) is 1.60. The highest BCUT2D eigenvalue weighted by molar-refractivity contribution is 5.77. The number of aliphatic hydroxyl groups is 1. The first kappa shape index (κ1) is 16.4. The van der Waals surface area contributed by atoms with Crippen LogP contribution in [0, 0.1) is 5.41 Å². The van der Waals surface area contributed by atoms with Crippen LogP contribution in [0.2, 0.25) is 0 Å². The van der Waals surface area contributed by atoms with Crippen molar-refractivity contribution in [1.82, 2.24) is 5.32 Å². The Morgan fingerprint density at radius 2 is 2.11 bits per heavy atom. The van der Waals surface area contributed by atoms with Gasteiger partial charge in [-0.3, -0.25) is 4.79 Å². The topological polar surface area (TPSA) is 84.6 Å². The van der Waals surface area contributed by atoms with Gasteiger partial charge < -0.3 is 20.9 Å². The van der Waals surface area contributed by atoms with Gasteiger partial charge in [0.05, 0.1) is 12.6 Å². The Labute approximate surface area is 115 Å². The number of carbonyl (C=O) groups excluding carboxylic acids is 1. The number of methoxy groups -OCH3 is 1. The van der Waals surface area contributed by atoms with Crippen LogP contribution in [0.4, 0.5) is 0 Å². The first-order chi connectivity index (χ1) is 9.15. The van der Waals surface area contributed by atoms with Crippen molar-refractivity contribution >= 4 is 5.91 Å². The minimum atomic E-state index is -0.110. The van der Waals surface area contributed by atoms with Gasteiger partial charge in [0.2, 0.25) is 5.91 Å². The normalized spacial score (nSPS) is 19.9. The van der Waals surface area contributed by atoms with Crippen molar-refractivity contribution in [3.8, 4) is 0 Å². The summed E-state index contributed by atoms with van der Waals surface area (Å²) in [5, 5.41) is 11.9. The summed E-state index contributed by atoms with van der Waals surface area (Å²) < 4.78 is 5.05. The number of aliphatic hydroxyl groups excluding tert-OH is 1. The number of nitrogens with two attached hydrogens (primary N) is 1. The van der Waals surface area contributed by atoms with Gasteiger partial charge >= 0.3 is 0 Å². The van der Waals surface area contributed by atoms with E-state index in [1.54, 1.807) is 7.11 Å². The molecule has 0 bridgehead atoms. The highest BCUT2D eigenvalue weighted by Gasteiger charge is 2.33. The van der Waals surface area contributed by atoms with Crippen LogP contribution in [0.25, 0.3) is 0 Å².